The number of nitrogens with one attached hydrogen (secondary N) is 2. The van der Waals surface area contributed by atoms with Crippen LogP contribution in [-0.4, -0.2) is 37.0 Å². The second-order valence-electron chi connectivity index (χ2n) is 5.70. The minimum absolute atomic E-state index is 0.0417. The molecular formula is C18H24N4O. The summed E-state index contributed by atoms with van der Waals surface area (Å²) in [6, 6.07) is 10.4. The van der Waals surface area contributed by atoms with Crippen LogP contribution in [0.25, 0.3) is 0 Å². The minimum Gasteiger partial charge on any atom is -0.383 e. The fraction of sp³-hybridized carbons (Fsp3) is 0.444. The van der Waals surface area contributed by atoms with Gasteiger partial charge in [0, 0.05) is 38.4 Å². The van der Waals surface area contributed by atoms with Gasteiger partial charge in [-0.15, -0.1) is 0 Å². The lowest BCUT2D eigenvalue weighted by Gasteiger charge is -2.27. The maximum Gasteiger partial charge on any atom is 0.266 e. The Bertz CT molecular complexity index is 594. The molecule has 0 spiro atoms. The average Bonchev–Trinajstić information content (AvgIpc) is 2.62. The quantitative estimate of drug-likeness (QED) is 0.642. The summed E-state index contributed by atoms with van der Waals surface area (Å²) in [6.07, 6.45) is 2.56. The molecule has 1 heterocycles. The Morgan fingerprint density at radius 3 is 2.61 bits per heavy atom. The molecule has 0 bridgehead atoms. The van der Waals surface area contributed by atoms with E-state index in [1.807, 2.05) is 13.0 Å². The van der Waals surface area contributed by atoms with Crippen molar-refractivity contribution in [3.8, 4) is 6.07 Å². The Kier molecular flexibility index (Phi) is 6.19. The smallest absolute Gasteiger partial charge is 0.266 e. The SMILES string of the molecule is CCc1ccc(C(C)N/C=C(/C#N)C(=O)N2CCNCC2)cc1. The summed E-state index contributed by atoms with van der Waals surface area (Å²) in [7, 11) is 0. The van der Waals surface area contributed by atoms with E-state index in [-0.39, 0.29) is 17.5 Å². The van der Waals surface area contributed by atoms with Gasteiger partial charge in [-0.2, -0.15) is 5.26 Å². The summed E-state index contributed by atoms with van der Waals surface area (Å²) in [5, 5.41) is 15.6. The number of nitrogens with zero attached hydrogens (tertiary/aromatic N) is 2. The van der Waals surface area contributed by atoms with E-state index in [2.05, 4.69) is 41.8 Å². The van der Waals surface area contributed by atoms with E-state index in [0.29, 0.717) is 13.1 Å². The van der Waals surface area contributed by atoms with Crippen LogP contribution >= 0.6 is 0 Å². The predicted octanol–water partition coefficient (Wildman–Crippen LogP) is 1.74. The molecule has 1 aromatic carbocycles. The number of hydrogen-bond donors (Lipinski definition) is 2. The van der Waals surface area contributed by atoms with Crippen molar-refractivity contribution in [2.45, 2.75) is 26.3 Å². The highest BCUT2D eigenvalue weighted by molar-refractivity contribution is 5.97. The van der Waals surface area contributed by atoms with Gasteiger partial charge in [0.15, 0.2) is 0 Å². The normalized spacial score (nSPS) is 16.6. The van der Waals surface area contributed by atoms with Gasteiger partial charge in [-0.25, -0.2) is 0 Å². The molecule has 1 aromatic rings. The van der Waals surface area contributed by atoms with Gasteiger partial charge >= 0.3 is 0 Å². The molecule has 0 saturated carbocycles. The highest BCUT2D eigenvalue weighted by atomic mass is 16.2. The number of amides is 1. The van der Waals surface area contributed by atoms with E-state index in [0.717, 1.165) is 25.1 Å². The summed E-state index contributed by atoms with van der Waals surface area (Å²) in [4.78, 5) is 14.0. The van der Waals surface area contributed by atoms with Crippen LogP contribution in [0.1, 0.15) is 31.0 Å². The molecule has 23 heavy (non-hydrogen) atoms. The molecule has 2 rings (SSSR count). The number of carbonyl (C=O) groups is 1. The van der Waals surface area contributed by atoms with Crippen molar-refractivity contribution < 1.29 is 4.79 Å². The fourth-order valence-corrected chi connectivity index (χ4v) is 2.53. The zero-order chi connectivity index (χ0) is 16.7. The third-order valence-electron chi connectivity index (χ3n) is 4.12. The summed E-state index contributed by atoms with van der Waals surface area (Å²) < 4.78 is 0. The number of aryl methyl sites for hydroxylation is 1. The number of rotatable bonds is 5. The van der Waals surface area contributed by atoms with Gasteiger partial charge in [0.05, 0.1) is 0 Å². The third-order valence-corrected chi connectivity index (χ3v) is 4.12. The zero-order valence-electron chi connectivity index (χ0n) is 13.8. The molecule has 5 nitrogen and oxygen atoms in total. The summed E-state index contributed by atoms with van der Waals surface area (Å²) in [6.45, 7) is 6.98. The van der Waals surface area contributed by atoms with Gasteiger partial charge in [0.2, 0.25) is 0 Å². The van der Waals surface area contributed by atoms with Gasteiger partial charge in [-0.1, -0.05) is 31.2 Å². The summed E-state index contributed by atoms with van der Waals surface area (Å²) in [5.74, 6) is -0.199. The van der Waals surface area contributed by atoms with Gasteiger partial charge in [-0.3, -0.25) is 4.79 Å². The first-order valence-electron chi connectivity index (χ1n) is 8.10. The Balaban J connectivity index is 2.00. The van der Waals surface area contributed by atoms with Crippen molar-refractivity contribution in [1.82, 2.24) is 15.5 Å². The minimum atomic E-state index is -0.199. The van der Waals surface area contributed by atoms with Gasteiger partial charge in [0.1, 0.15) is 11.6 Å². The molecule has 1 unspecified atom stereocenters. The highest BCUT2D eigenvalue weighted by Gasteiger charge is 2.20. The lowest BCUT2D eigenvalue weighted by molar-refractivity contribution is -0.127. The molecule has 1 aliphatic heterocycles. The van der Waals surface area contributed by atoms with Crippen LogP contribution in [-0.2, 0) is 11.2 Å². The molecule has 1 saturated heterocycles. The van der Waals surface area contributed by atoms with E-state index in [4.69, 9.17) is 0 Å². The van der Waals surface area contributed by atoms with Crippen molar-refractivity contribution in [2.75, 3.05) is 26.2 Å². The molecule has 1 amide bonds. The molecular weight excluding hydrogens is 288 g/mol. The second-order valence-corrected chi connectivity index (χ2v) is 5.70. The molecule has 0 radical (unpaired) electrons. The van der Waals surface area contributed by atoms with Crippen LogP contribution in [0.15, 0.2) is 36.0 Å². The maximum absolute atomic E-state index is 12.3. The lowest BCUT2D eigenvalue weighted by atomic mass is 10.1. The topological polar surface area (TPSA) is 68.2 Å². The number of piperazine rings is 1. The first-order valence-corrected chi connectivity index (χ1v) is 8.10. The Labute approximate surface area is 138 Å². The Hall–Kier alpha value is -2.32. The van der Waals surface area contributed by atoms with Crippen LogP contribution in [0.3, 0.4) is 0 Å². The number of benzene rings is 1. The molecule has 122 valence electrons. The van der Waals surface area contributed by atoms with Crippen LogP contribution in [0.5, 0.6) is 0 Å². The van der Waals surface area contributed by atoms with Crippen molar-refractivity contribution in [3.63, 3.8) is 0 Å². The van der Waals surface area contributed by atoms with Crippen molar-refractivity contribution in [2.24, 2.45) is 0 Å². The molecule has 0 aromatic heterocycles. The van der Waals surface area contributed by atoms with E-state index in [1.54, 1.807) is 11.1 Å². The fourth-order valence-electron chi connectivity index (χ4n) is 2.53. The first-order chi connectivity index (χ1) is 11.2. The highest BCUT2D eigenvalue weighted by Crippen LogP contribution is 2.14. The number of hydrogen-bond acceptors (Lipinski definition) is 4. The van der Waals surface area contributed by atoms with Crippen molar-refractivity contribution in [1.29, 1.82) is 5.26 Å². The molecule has 5 heteroatoms. The third kappa shape index (κ3) is 4.57. The molecule has 0 aliphatic carbocycles. The maximum atomic E-state index is 12.3. The van der Waals surface area contributed by atoms with Crippen LogP contribution in [0.2, 0.25) is 0 Å². The lowest BCUT2D eigenvalue weighted by Crippen LogP contribution is -2.46. The molecule has 1 fully saturated rings. The van der Waals surface area contributed by atoms with Gasteiger partial charge in [-0.05, 0) is 24.5 Å². The van der Waals surface area contributed by atoms with E-state index in [9.17, 15) is 10.1 Å². The zero-order valence-corrected chi connectivity index (χ0v) is 13.8. The Morgan fingerprint density at radius 2 is 2.04 bits per heavy atom. The van der Waals surface area contributed by atoms with Gasteiger partial charge in [0.25, 0.3) is 5.91 Å². The molecule has 1 aliphatic rings. The monoisotopic (exact) mass is 312 g/mol. The Morgan fingerprint density at radius 1 is 1.39 bits per heavy atom. The van der Waals surface area contributed by atoms with E-state index in [1.165, 1.54) is 5.56 Å². The van der Waals surface area contributed by atoms with Crippen LogP contribution in [0.4, 0.5) is 0 Å². The average molecular weight is 312 g/mol. The van der Waals surface area contributed by atoms with Crippen molar-refractivity contribution in [3.05, 3.63) is 47.2 Å². The van der Waals surface area contributed by atoms with Crippen LogP contribution in [0, 0.1) is 11.3 Å². The molecule has 1 atom stereocenters. The summed E-state index contributed by atoms with van der Waals surface area (Å²) in [5.41, 5.74) is 2.58. The summed E-state index contributed by atoms with van der Waals surface area (Å²) >= 11 is 0. The number of nitriles is 1. The first kappa shape index (κ1) is 17.0. The van der Waals surface area contributed by atoms with Gasteiger partial charge < -0.3 is 15.5 Å². The second kappa shape index (κ2) is 8.35. The van der Waals surface area contributed by atoms with E-state index < -0.39 is 0 Å². The van der Waals surface area contributed by atoms with Crippen molar-refractivity contribution >= 4 is 5.91 Å². The predicted molar refractivity (Wildman–Crippen MR) is 90.5 cm³/mol. The largest absolute Gasteiger partial charge is 0.383 e. The number of carbonyl (C=O) groups excluding carboxylic acids is 1. The van der Waals surface area contributed by atoms with Crippen LogP contribution < -0.4 is 10.6 Å². The van der Waals surface area contributed by atoms with E-state index >= 15 is 0 Å². The standard InChI is InChI=1S/C18H24N4O/c1-3-15-4-6-16(7-5-15)14(2)21-13-17(12-19)18(23)22-10-8-20-9-11-22/h4-7,13-14,20-21H,3,8-11H2,1-2H3/b17-13-. The molecule has 2 N–H and O–H groups in total.